The minimum atomic E-state index is -0.725. The number of rotatable bonds is 8. The van der Waals surface area contributed by atoms with Crippen molar-refractivity contribution in [2.45, 2.75) is 20.0 Å². The van der Waals surface area contributed by atoms with Gasteiger partial charge in [-0.05, 0) is 26.0 Å². The second-order valence-corrected chi connectivity index (χ2v) is 3.87. The first-order chi connectivity index (χ1) is 9.27. The molecule has 1 rings (SSSR count). The lowest BCUT2D eigenvalue weighted by Crippen LogP contribution is -2.39. The van der Waals surface area contributed by atoms with Crippen LogP contribution in [0, 0.1) is 0 Å². The normalized spacial score (nSPS) is 13.3. The van der Waals surface area contributed by atoms with Crippen molar-refractivity contribution in [1.82, 2.24) is 10.6 Å². The third-order valence-corrected chi connectivity index (χ3v) is 2.38. The number of aliphatic hydroxyl groups excluding tert-OH is 1. The molecule has 6 heteroatoms. The second kappa shape index (κ2) is 9.41. The fourth-order valence-corrected chi connectivity index (χ4v) is 1.48. The zero-order valence-electron chi connectivity index (χ0n) is 11.6. The minimum Gasteiger partial charge on any atom is -0.467 e. The van der Waals surface area contributed by atoms with Crippen molar-refractivity contribution in [2.24, 2.45) is 4.99 Å². The smallest absolute Gasteiger partial charge is 0.191 e. The maximum absolute atomic E-state index is 9.86. The lowest BCUT2D eigenvalue weighted by Gasteiger charge is -2.12. The van der Waals surface area contributed by atoms with Gasteiger partial charge in [-0.2, -0.15) is 0 Å². The van der Waals surface area contributed by atoms with E-state index in [0.717, 1.165) is 6.54 Å². The number of ether oxygens (including phenoxy) is 1. The SMILES string of the molecule is CCNC(=NCC(O)c1ccco1)NCCOCC. The van der Waals surface area contributed by atoms with Gasteiger partial charge in [-0.1, -0.05) is 0 Å². The van der Waals surface area contributed by atoms with Crippen LogP contribution in [0.3, 0.4) is 0 Å². The molecule has 0 aromatic carbocycles. The third-order valence-electron chi connectivity index (χ3n) is 2.38. The van der Waals surface area contributed by atoms with Crippen LogP contribution in [0.1, 0.15) is 25.7 Å². The first-order valence-electron chi connectivity index (χ1n) is 6.59. The molecule has 0 aliphatic carbocycles. The van der Waals surface area contributed by atoms with Crippen molar-refractivity contribution < 1.29 is 14.3 Å². The molecule has 0 saturated heterocycles. The molecule has 1 aromatic rings. The summed E-state index contributed by atoms with van der Waals surface area (Å²) in [5, 5.41) is 16.1. The highest BCUT2D eigenvalue weighted by atomic mass is 16.5. The largest absolute Gasteiger partial charge is 0.467 e. The van der Waals surface area contributed by atoms with Crippen LogP contribution >= 0.6 is 0 Å². The Hall–Kier alpha value is -1.53. The Morgan fingerprint density at radius 3 is 2.95 bits per heavy atom. The molecule has 0 radical (unpaired) electrons. The van der Waals surface area contributed by atoms with Gasteiger partial charge in [-0.3, -0.25) is 4.99 Å². The molecule has 0 fully saturated rings. The monoisotopic (exact) mass is 269 g/mol. The summed E-state index contributed by atoms with van der Waals surface area (Å²) in [6, 6.07) is 3.48. The van der Waals surface area contributed by atoms with E-state index in [0.29, 0.717) is 31.5 Å². The van der Waals surface area contributed by atoms with Crippen molar-refractivity contribution in [3.63, 3.8) is 0 Å². The molecule has 3 N–H and O–H groups in total. The molecular weight excluding hydrogens is 246 g/mol. The van der Waals surface area contributed by atoms with Crippen LogP contribution in [0.15, 0.2) is 27.8 Å². The molecular formula is C13H23N3O3. The van der Waals surface area contributed by atoms with Crippen molar-refractivity contribution >= 4 is 5.96 Å². The lowest BCUT2D eigenvalue weighted by atomic mass is 10.3. The Morgan fingerprint density at radius 1 is 1.47 bits per heavy atom. The Morgan fingerprint density at radius 2 is 2.32 bits per heavy atom. The van der Waals surface area contributed by atoms with Crippen molar-refractivity contribution in [3.8, 4) is 0 Å². The van der Waals surface area contributed by atoms with Gasteiger partial charge < -0.3 is 24.9 Å². The van der Waals surface area contributed by atoms with Crippen LogP contribution < -0.4 is 10.6 Å². The predicted molar refractivity (Wildman–Crippen MR) is 74.1 cm³/mol. The zero-order chi connectivity index (χ0) is 13.9. The van der Waals surface area contributed by atoms with Gasteiger partial charge in [0.25, 0.3) is 0 Å². The third kappa shape index (κ3) is 6.26. The Labute approximate surface area is 113 Å². The highest BCUT2D eigenvalue weighted by molar-refractivity contribution is 5.79. The average Bonchev–Trinajstić information content (AvgIpc) is 2.94. The maximum atomic E-state index is 9.86. The molecule has 1 aromatic heterocycles. The molecule has 0 saturated carbocycles. The Kier molecular flexibility index (Phi) is 7.69. The minimum absolute atomic E-state index is 0.248. The van der Waals surface area contributed by atoms with Gasteiger partial charge in [-0.15, -0.1) is 0 Å². The van der Waals surface area contributed by atoms with Gasteiger partial charge in [0.1, 0.15) is 11.9 Å². The van der Waals surface area contributed by atoms with Gasteiger partial charge in [0.05, 0.1) is 19.4 Å². The van der Waals surface area contributed by atoms with E-state index in [-0.39, 0.29) is 6.54 Å². The summed E-state index contributed by atoms with van der Waals surface area (Å²) in [7, 11) is 0. The van der Waals surface area contributed by atoms with E-state index in [9.17, 15) is 5.11 Å². The van der Waals surface area contributed by atoms with Crippen molar-refractivity contribution in [3.05, 3.63) is 24.2 Å². The molecule has 0 spiro atoms. The van der Waals surface area contributed by atoms with Crippen LogP contribution in [-0.4, -0.2) is 43.9 Å². The molecule has 1 heterocycles. The maximum Gasteiger partial charge on any atom is 0.191 e. The van der Waals surface area contributed by atoms with E-state index >= 15 is 0 Å². The lowest BCUT2D eigenvalue weighted by molar-refractivity contribution is 0.152. The molecule has 0 bridgehead atoms. The fourth-order valence-electron chi connectivity index (χ4n) is 1.48. The van der Waals surface area contributed by atoms with Crippen LogP contribution in [0.4, 0.5) is 0 Å². The summed E-state index contributed by atoms with van der Waals surface area (Å²) in [6.45, 7) is 6.96. The van der Waals surface area contributed by atoms with Gasteiger partial charge >= 0.3 is 0 Å². The number of nitrogens with one attached hydrogen (secondary N) is 2. The van der Waals surface area contributed by atoms with E-state index in [1.54, 1.807) is 12.1 Å². The Bertz CT molecular complexity index is 352. The van der Waals surface area contributed by atoms with E-state index < -0.39 is 6.10 Å². The van der Waals surface area contributed by atoms with Gasteiger partial charge in [0.15, 0.2) is 5.96 Å². The molecule has 1 atom stereocenters. The summed E-state index contributed by atoms with van der Waals surface area (Å²) in [5.74, 6) is 1.18. The Balaban J connectivity index is 2.39. The van der Waals surface area contributed by atoms with Crippen LogP contribution in [-0.2, 0) is 4.74 Å². The van der Waals surface area contributed by atoms with Crippen molar-refractivity contribution in [1.29, 1.82) is 0 Å². The number of aliphatic hydroxyl groups is 1. The quantitative estimate of drug-likeness (QED) is 0.371. The molecule has 0 amide bonds. The highest BCUT2D eigenvalue weighted by Crippen LogP contribution is 2.12. The average molecular weight is 269 g/mol. The number of furan rings is 1. The zero-order valence-corrected chi connectivity index (χ0v) is 11.6. The number of guanidine groups is 1. The highest BCUT2D eigenvalue weighted by Gasteiger charge is 2.09. The molecule has 0 aliphatic rings. The van der Waals surface area contributed by atoms with Crippen molar-refractivity contribution in [2.75, 3.05) is 32.8 Å². The molecule has 0 aliphatic heterocycles. The summed E-state index contributed by atoms with van der Waals surface area (Å²) < 4.78 is 10.4. The van der Waals surface area contributed by atoms with Crippen LogP contribution in [0.25, 0.3) is 0 Å². The molecule has 19 heavy (non-hydrogen) atoms. The summed E-state index contributed by atoms with van der Waals surface area (Å²) in [4.78, 5) is 4.30. The predicted octanol–water partition coefficient (Wildman–Crippen LogP) is 0.905. The fraction of sp³-hybridized carbons (Fsp3) is 0.615. The number of aliphatic imine (C=N–C) groups is 1. The van der Waals surface area contributed by atoms with E-state index in [1.165, 1.54) is 6.26 Å². The van der Waals surface area contributed by atoms with Gasteiger partial charge in [0.2, 0.25) is 0 Å². The topological polar surface area (TPSA) is 79.0 Å². The molecule has 6 nitrogen and oxygen atoms in total. The summed E-state index contributed by atoms with van der Waals surface area (Å²) in [6.07, 6.45) is 0.811. The van der Waals surface area contributed by atoms with Crippen LogP contribution in [0.2, 0.25) is 0 Å². The second-order valence-electron chi connectivity index (χ2n) is 3.87. The summed E-state index contributed by atoms with van der Waals surface area (Å²) in [5.41, 5.74) is 0. The van der Waals surface area contributed by atoms with Crippen LogP contribution in [0.5, 0.6) is 0 Å². The van der Waals surface area contributed by atoms with Gasteiger partial charge in [-0.25, -0.2) is 0 Å². The first kappa shape index (κ1) is 15.5. The van der Waals surface area contributed by atoms with E-state index in [4.69, 9.17) is 9.15 Å². The van der Waals surface area contributed by atoms with E-state index in [2.05, 4.69) is 15.6 Å². The standard InChI is InChI=1S/C13H23N3O3/c1-3-14-13(15-7-9-18-4-2)16-10-11(17)12-6-5-8-19-12/h5-6,8,11,17H,3-4,7,9-10H2,1-2H3,(H2,14,15,16). The number of nitrogens with zero attached hydrogens (tertiary/aromatic N) is 1. The number of hydrogen-bond acceptors (Lipinski definition) is 4. The summed E-state index contributed by atoms with van der Waals surface area (Å²) >= 11 is 0. The number of hydrogen-bond donors (Lipinski definition) is 3. The molecule has 1 unspecified atom stereocenters. The first-order valence-corrected chi connectivity index (χ1v) is 6.59. The van der Waals surface area contributed by atoms with E-state index in [1.807, 2.05) is 13.8 Å². The molecule has 108 valence electrons. The van der Waals surface area contributed by atoms with Gasteiger partial charge in [0, 0.05) is 19.7 Å².